The molecule has 1 amide bonds. The second-order valence-electron chi connectivity index (χ2n) is 6.00. The molecule has 1 aliphatic heterocycles. The van der Waals surface area contributed by atoms with E-state index in [-0.39, 0.29) is 4.90 Å². The van der Waals surface area contributed by atoms with E-state index in [0.717, 1.165) is 0 Å². The molecular weight excluding hydrogens is 375 g/mol. The topological polar surface area (TPSA) is 93.7 Å². The summed E-state index contributed by atoms with van der Waals surface area (Å²) in [5.74, 6) is -0.178. The molecule has 9 heteroatoms. The minimum atomic E-state index is -3.96. The molecular formula is C18H19FN2O5S. The number of ether oxygens (including phenoxy) is 2. The maximum absolute atomic E-state index is 12.9. The number of benzene rings is 2. The molecule has 2 aromatic carbocycles. The van der Waals surface area contributed by atoms with Gasteiger partial charge in [-0.2, -0.15) is 4.72 Å². The SMILES string of the molecule is CC(NS(=O)(=O)c1ccc2c(c1)OCCCO2)C(=O)Nc1ccc(F)cc1. The van der Waals surface area contributed by atoms with Gasteiger partial charge in [-0.15, -0.1) is 0 Å². The molecule has 1 aliphatic rings. The smallest absolute Gasteiger partial charge is 0.242 e. The zero-order valence-corrected chi connectivity index (χ0v) is 15.4. The van der Waals surface area contributed by atoms with Crippen molar-refractivity contribution in [2.24, 2.45) is 0 Å². The van der Waals surface area contributed by atoms with E-state index >= 15 is 0 Å². The van der Waals surface area contributed by atoms with E-state index in [0.29, 0.717) is 36.8 Å². The number of hydrogen-bond acceptors (Lipinski definition) is 5. The van der Waals surface area contributed by atoms with Crippen LogP contribution in [0.4, 0.5) is 10.1 Å². The van der Waals surface area contributed by atoms with Gasteiger partial charge in [-0.3, -0.25) is 4.79 Å². The van der Waals surface area contributed by atoms with Crippen molar-refractivity contribution >= 4 is 21.6 Å². The molecule has 1 atom stereocenters. The molecule has 2 N–H and O–H groups in total. The Morgan fingerprint density at radius 1 is 1.07 bits per heavy atom. The first-order chi connectivity index (χ1) is 12.8. The van der Waals surface area contributed by atoms with Crippen molar-refractivity contribution in [2.45, 2.75) is 24.3 Å². The minimum Gasteiger partial charge on any atom is -0.490 e. The van der Waals surface area contributed by atoms with Crippen molar-refractivity contribution in [3.05, 3.63) is 48.3 Å². The molecule has 144 valence electrons. The number of rotatable bonds is 5. The molecule has 0 radical (unpaired) electrons. The Morgan fingerprint density at radius 2 is 1.74 bits per heavy atom. The average Bonchev–Trinajstić information content (AvgIpc) is 2.88. The predicted octanol–water partition coefficient (Wildman–Crippen LogP) is 2.29. The second kappa shape index (κ2) is 7.93. The van der Waals surface area contributed by atoms with E-state index in [1.165, 1.54) is 49.4 Å². The maximum Gasteiger partial charge on any atom is 0.242 e. The van der Waals surface area contributed by atoms with Crippen LogP contribution in [0.25, 0.3) is 0 Å². The molecule has 3 rings (SSSR count). The average molecular weight is 394 g/mol. The van der Waals surface area contributed by atoms with E-state index in [9.17, 15) is 17.6 Å². The summed E-state index contributed by atoms with van der Waals surface area (Å²) in [6.07, 6.45) is 0.704. The van der Waals surface area contributed by atoms with Crippen LogP contribution in [0.2, 0.25) is 0 Å². The molecule has 0 bridgehead atoms. The fraction of sp³-hybridized carbons (Fsp3) is 0.278. The molecule has 1 heterocycles. The van der Waals surface area contributed by atoms with E-state index in [1.807, 2.05) is 0 Å². The van der Waals surface area contributed by atoms with Crippen molar-refractivity contribution in [3.8, 4) is 11.5 Å². The first-order valence-electron chi connectivity index (χ1n) is 8.33. The lowest BCUT2D eigenvalue weighted by molar-refractivity contribution is -0.117. The Hall–Kier alpha value is -2.65. The number of carbonyl (C=O) groups excluding carboxylic acids is 1. The molecule has 0 aliphatic carbocycles. The number of fused-ring (bicyclic) bond motifs is 1. The standard InChI is InChI=1S/C18H19FN2O5S/c1-12(18(22)20-14-5-3-13(19)4-6-14)21-27(23,24)15-7-8-16-17(11-15)26-10-2-9-25-16/h3-8,11-12,21H,2,9-10H2,1H3,(H,20,22). The number of hydrogen-bond donors (Lipinski definition) is 2. The highest BCUT2D eigenvalue weighted by molar-refractivity contribution is 7.89. The molecule has 0 aromatic heterocycles. The van der Waals surface area contributed by atoms with Crippen LogP contribution < -0.4 is 19.5 Å². The fourth-order valence-corrected chi connectivity index (χ4v) is 3.67. The van der Waals surface area contributed by atoms with Crippen molar-refractivity contribution < 1.29 is 27.1 Å². The van der Waals surface area contributed by atoms with Gasteiger partial charge >= 0.3 is 0 Å². The fourth-order valence-electron chi connectivity index (χ4n) is 2.45. The van der Waals surface area contributed by atoms with Crippen molar-refractivity contribution in [2.75, 3.05) is 18.5 Å². The van der Waals surface area contributed by atoms with Crippen molar-refractivity contribution in [3.63, 3.8) is 0 Å². The number of amides is 1. The van der Waals surface area contributed by atoms with Gasteiger partial charge in [0, 0.05) is 18.2 Å². The van der Waals surface area contributed by atoms with Gasteiger partial charge < -0.3 is 14.8 Å². The second-order valence-corrected chi connectivity index (χ2v) is 7.71. The summed E-state index contributed by atoms with van der Waals surface area (Å²) in [6.45, 7) is 2.35. The first-order valence-corrected chi connectivity index (χ1v) is 9.82. The number of anilines is 1. The molecule has 0 spiro atoms. The number of carbonyl (C=O) groups is 1. The third-order valence-corrected chi connectivity index (χ3v) is 5.40. The van der Waals surface area contributed by atoms with Crippen LogP contribution in [0.3, 0.4) is 0 Å². The van der Waals surface area contributed by atoms with Crippen LogP contribution in [-0.4, -0.2) is 33.6 Å². The summed E-state index contributed by atoms with van der Waals surface area (Å²) >= 11 is 0. The largest absolute Gasteiger partial charge is 0.490 e. The summed E-state index contributed by atoms with van der Waals surface area (Å²) in [7, 11) is -3.96. The van der Waals surface area contributed by atoms with Crippen LogP contribution in [0, 0.1) is 5.82 Å². The zero-order valence-electron chi connectivity index (χ0n) is 14.6. The summed E-state index contributed by atoms with van der Waals surface area (Å²) in [6, 6.07) is 8.41. The summed E-state index contributed by atoms with van der Waals surface area (Å²) in [5.41, 5.74) is 0.364. The third kappa shape index (κ3) is 4.75. The molecule has 1 unspecified atom stereocenters. The molecule has 0 saturated heterocycles. The van der Waals surface area contributed by atoms with Crippen LogP contribution >= 0.6 is 0 Å². The number of nitrogens with one attached hydrogen (secondary N) is 2. The highest BCUT2D eigenvalue weighted by atomic mass is 32.2. The van der Waals surface area contributed by atoms with Gasteiger partial charge in [0.1, 0.15) is 5.82 Å². The summed E-state index contributed by atoms with van der Waals surface area (Å²) in [5, 5.41) is 2.52. The minimum absolute atomic E-state index is 0.0341. The van der Waals surface area contributed by atoms with E-state index in [2.05, 4.69) is 10.0 Å². The highest BCUT2D eigenvalue weighted by Gasteiger charge is 2.24. The Morgan fingerprint density at radius 3 is 2.44 bits per heavy atom. The molecule has 0 fully saturated rings. The maximum atomic E-state index is 12.9. The van der Waals surface area contributed by atoms with E-state index in [4.69, 9.17) is 9.47 Å². The molecule has 7 nitrogen and oxygen atoms in total. The summed E-state index contributed by atoms with van der Waals surface area (Å²) < 4.78 is 51.4. The molecule has 2 aromatic rings. The Labute approximate surface area is 156 Å². The quantitative estimate of drug-likeness (QED) is 0.812. The van der Waals surface area contributed by atoms with Crippen LogP contribution in [0.5, 0.6) is 11.5 Å². The highest BCUT2D eigenvalue weighted by Crippen LogP contribution is 2.31. The van der Waals surface area contributed by atoms with Gasteiger partial charge in [0.05, 0.1) is 24.2 Å². The van der Waals surface area contributed by atoms with Crippen molar-refractivity contribution in [1.29, 1.82) is 0 Å². The van der Waals surface area contributed by atoms with E-state index in [1.54, 1.807) is 0 Å². The predicted molar refractivity (Wildman–Crippen MR) is 96.9 cm³/mol. The van der Waals surface area contributed by atoms with Gasteiger partial charge in [-0.25, -0.2) is 12.8 Å². The van der Waals surface area contributed by atoms with Gasteiger partial charge in [-0.1, -0.05) is 0 Å². The van der Waals surface area contributed by atoms with E-state index < -0.39 is 27.8 Å². The van der Waals surface area contributed by atoms with Crippen molar-refractivity contribution in [1.82, 2.24) is 4.72 Å². The van der Waals surface area contributed by atoms with Gasteiger partial charge in [0.15, 0.2) is 11.5 Å². The van der Waals surface area contributed by atoms with Crippen LogP contribution in [0.1, 0.15) is 13.3 Å². The normalized spacial score (nSPS) is 14.9. The monoisotopic (exact) mass is 394 g/mol. The molecule has 0 saturated carbocycles. The van der Waals surface area contributed by atoms with Crippen LogP contribution in [0.15, 0.2) is 47.4 Å². The lowest BCUT2D eigenvalue weighted by atomic mass is 10.3. The van der Waals surface area contributed by atoms with Gasteiger partial charge in [0.25, 0.3) is 0 Å². The third-order valence-electron chi connectivity index (χ3n) is 3.87. The van der Waals surface area contributed by atoms with Gasteiger partial charge in [-0.05, 0) is 43.3 Å². The lowest BCUT2D eigenvalue weighted by Crippen LogP contribution is -2.41. The van der Waals surface area contributed by atoms with Gasteiger partial charge in [0.2, 0.25) is 15.9 Å². The zero-order chi connectivity index (χ0) is 19.4. The molecule has 27 heavy (non-hydrogen) atoms. The Balaban J connectivity index is 1.70. The summed E-state index contributed by atoms with van der Waals surface area (Å²) in [4.78, 5) is 12.2. The lowest BCUT2D eigenvalue weighted by Gasteiger charge is -2.15. The van der Waals surface area contributed by atoms with Crippen LogP contribution in [-0.2, 0) is 14.8 Å². The Kier molecular flexibility index (Phi) is 5.62. The first kappa shape index (κ1) is 19.1. The Bertz CT molecular complexity index is 931. The number of sulfonamides is 1. The number of halogens is 1.